The van der Waals surface area contributed by atoms with Crippen molar-refractivity contribution in [1.82, 2.24) is 19.8 Å². The van der Waals surface area contributed by atoms with Crippen molar-refractivity contribution < 1.29 is 4.39 Å². The molecular weight excluding hydrogens is 395 g/mol. The first kappa shape index (κ1) is 18.9. The van der Waals surface area contributed by atoms with Crippen LogP contribution in [0, 0.1) is 5.82 Å². The normalized spacial score (nSPS) is 19.1. The Kier molecular flexibility index (Phi) is 5.33. The van der Waals surface area contributed by atoms with E-state index in [0.29, 0.717) is 5.11 Å². The van der Waals surface area contributed by atoms with Gasteiger partial charge in [-0.05, 0) is 61.1 Å². The molecule has 1 fully saturated rings. The van der Waals surface area contributed by atoms with Gasteiger partial charge >= 0.3 is 0 Å². The van der Waals surface area contributed by atoms with E-state index < -0.39 is 5.82 Å². The van der Waals surface area contributed by atoms with Crippen molar-refractivity contribution in [1.29, 1.82) is 0 Å². The van der Waals surface area contributed by atoms with Gasteiger partial charge in [-0.25, -0.2) is 4.39 Å². The SMILES string of the molecule is CCCN1C(=S)NC(c2ccccn2)C1c1cccn1-c1ccc(F)c(Cl)c1. The number of hydrogen-bond donors (Lipinski definition) is 1. The Bertz CT molecular complexity index is 991. The average Bonchev–Trinajstić information content (AvgIpc) is 3.30. The fraction of sp³-hybridized carbons (Fsp3) is 0.238. The zero-order valence-corrected chi connectivity index (χ0v) is 16.9. The summed E-state index contributed by atoms with van der Waals surface area (Å²) in [6, 6.07) is 14.6. The number of halogens is 2. The maximum atomic E-state index is 13.7. The number of nitrogens with one attached hydrogen (secondary N) is 1. The van der Waals surface area contributed by atoms with Crippen LogP contribution in [0.5, 0.6) is 0 Å². The lowest BCUT2D eigenvalue weighted by molar-refractivity contribution is 0.309. The molecule has 0 amide bonds. The van der Waals surface area contributed by atoms with Crippen LogP contribution in [0.3, 0.4) is 0 Å². The summed E-state index contributed by atoms with van der Waals surface area (Å²) < 4.78 is 15.7. The Morgan fingerprint density at radius 3 is 2.79 bits per heavy atom. The summed E-state index contributed by atoms with van der Waals surface area (Å²) in [5.41, 5.74) is 2.78. The van der Waals surface area contributed by atoms with Gasteiger partial charge in [-0.1, -0.05) is 24.6 Å². The van der Waals surface area contributed by atoms with Crippen molar-refractivity contribution in [3.05, 3.63) is 83.2 Å². The van der Waals surface area contributed by atoms with E-state index in [1.165, 1.54) is 6.07 Å². The standard InChI is InChI=1S/C21H20ClFN4S/c1-2-11-27-20(19(25-21(27)28)17-6-3-4-10-24-17)18-7-5-12-26(18)14-8-9-16(23)15(22)13-14/h3-10,12-13,19-20H,2,11H2,1H3,(H,25,28). The predicted octanol–water partition coefficient (Wildman–Crippen LogP) is 5.05. The Hall–Kier alpha value is -2.44. The van der Waals surface area contributed by atoms with Crippen LogP contribution >= 0.6 is 23.8 Å². The first-order chi connectivity index (χ1) is 13.6. The van der Waals surface area contributed by atoms with E-state index >= 15 is 0 Å². The third-order valence-corrected chi connectivity index (χ3v) is 5.57. The Morgan fingerprint density at radius 1 is 1.21 bits per heavy atom. The third-order valence-electron chi connectivity index (χ3n) is 4.93. The van der Waals surface area contributed by atoms with Crippen molar-refractivity contribution in [2.45, 2.75) is 25.4 Å². The van der Waals surface area contributed by atoms with E-state index in [-0.39, 0.29) is 17.1 Å². The van der Waals surface area contributed by atoms with Crippen LogP contribution in [0.1, 0.15) is 36.8 Å². The lowest BCUT2D eigenvalue weighted by Crippen LogP contribution is -2.31. The smallest absolute Gasteiger partial charge is 0.170 e. The lowest BCUT2D eigenvalue weighted by Gasteiger charge is -2.28. The quantitative estimate of drug-likeness (QED) is 0.592. The molecule has 1 aromatic carbocycles. The molecule has 144 valence electrons. The molecule has 1 aliphatic rings. The second-order valence-electron chi connectivity index (χ2n) is 6.72. The van der Waals surface area contributed by atoms with Gasteiger partial charge in [-0.3, -0.25) is 4.98 Å². The van der Waals surface area contributed by atoms with Gasteiger partial charge in [-0.2, -0.15) is 0 Å². The fourth-order valence-corrected chi connectivity index (χ4v) is 4.22. The first-order valence-electron chi connectivity index (χ1n) is 9.21. The van der Waals surface area contributed by atoms with E-state index in [0.717, 1.165) is 30.0 Å². The van der Waals surface area contributed by atoms with E-state index in [1.807, 2.05) is 35.0 Å². The van der Waals surface area contributed by atoms with E-state index in [1.54, 1.807) is 18.3 Å². The third kappa shape index (κ3) is 3.38. The van der Waals surface area contributed by atoms with E-state index in [2.05, 4.69) is 28.2 Å². The minimum absolute atomic E-state index is 0.0406. The maximum absolute atomic E-state index is 13.7. The second kappa shape index (κ2) is 7.89. The molecule has 1 N–H and O–H groups in total. The molecule has 4 nitrogen and oxygen atoms in total. The highest BCUT2D eigenvalue weighted by atomic mass is 35.5. The van der Waals surface area contributed by atoms with Gasteiger partial charge in [-0.15, -0.1) is 0 Å². The summed E-state index contributed by atoms with van der Waals surface area (Å²) in [6.07, 6.45) is 4.72. The largest absolute Gasteiger partial charge is 0.352 e. The Balaban J connectivity index is 1.81. The summed E-state index contributed by atoms with van der Waals surface area (Å²) >= 11 is 11.7. The molecule has 2 aromatic heterocycles. The molecule has 7 heteroatoms. The molecule has 0 saturated carbocycles. The topological polar surface area (TPSA) is 33.1 Å². The number of nitrogens with zero attached hydrogens (tertiary/aromatic N) is 3. The van der Waals surface area contributed by atoms with Crippen molar-refractivity contribution >= 4 is 28.9 Å². The Labute approximate surface area is 174 Å². The van der Waals surface area contributed by atoms with Crippen LogP contribution in [-0.4, -0.2) is 26.1 Å². The minimum Gasteiger partial charge on any atom is -0.352 e. The van der Waals surface area contributed by atoms with Crippen LogP contribution in [0.25, 0.3) is 5.69 Å². The van der Waals surface area contributed by atoms with Crippen LogP contribution in [0.4, 0.5) is 4.39 Å². The monoisotopic (exact) mass is 414 g/mol. The molecule has 3 aromatic rings. The van der Waals surface area contributed by atoms with Crippen molar-refractivity contribution in [2.75, 3.05) is 6.54 Å². The highest BCUT2D eigenvalue weighted by Crippen LogP contribution is 2.39. The molecule has 4 rings (SSSR count). The van der Waals surface area contributed by atoms with E-state index in [9.17, 15) is 4.39 Å². The van der Waals surface area contributed by atoms with Crippen molar-refractivity contribution in [2.24, 2.45) is 0 Å². The summed E-state index contributed by atoms with van der Waals surface area (Å²) in [6.45, 7) is 2.96. The van der Waals surface area contributed by atoms with Crippen LogP contribution in [0.2, 0.25) is 5.02 Å². The molecular formula is C21H20ClFN4S. The van der Waals surface area contributed by atoms with Crippen LogP contribution < -0.4 is 5.32 Å². The highest BCUT2D eigenvalue weighted by Gasteiger charge is 2.40. The molecule has 3 heterocycles. The van der Waals surface area contributed by atoms with Crippen LogP contribution in [0.15, 0.2) is 60.9 Å². The molecule has 0 bridgehead atoms. The number of benzene rings is 1. The van der Waals surface area contributed by atoms with Crippen molar-refractivity contribution in [3.63, 3.8) is 0 Å². The minimum atomic E-state index is -0.429. The van der Waals surface area contributed by atoms with Gasteiger partial charge in [0.15, 0.2) is 5.11 Å². The van der Waals surface area contributed by atoms with Gasteiger partial charge in [0.2, 0.25) is 0 Å². The molecule has 0 spiro atoms. The molecule has 2 unspecified atom stereocenters. The molecule has 28 heavy (non-hydrogen) atoms. The average molecular weight is 415 g/mol. The lowest BCUT2D eigenvalue weighted by atomic mass is 10.0. The molecule has 0 radical (unpaired) electrons. The summed E-state index contributed by atoms with van der Waals surface area (Å²) in [5, 5.41) is 4.25. The predicted molar refractivity (Wildman–Crippen MR) is 113 cm³/mol. The Morgan fingerprint density at radius 2 is 2.07 bits per heavy atom. The zero-order valence-electron chi connectivity index (χ0n) is 15.3. The number of aromatic nitrogens is 2. The number of rotatable bonds is 5. The summed E-state index contributed by atoms with van der Waals surface area (Å²) in [7, 11) is 0. The maximum Gasteiger partial charge on any atom is 0.170 e. The van der Waals surface area contributed by atoms with Crippen LogP contribution in [-0.2, 0) is 0 Å². The highest BCUT2D eigenvalue weighted by molar-refractivity contribution is 7.80. The zero-order chi connectivity index (χ0) is 19.7. The van der Waals surface area contributed by atoms with Gasteiger partial charge in [0.05, 0.1) is 22.8 Å². The first-order valence-corrected chi connectivity index (χ1v) is 9.99. The fourth-order valence-electron chi connectivity index (χ4n) is 3.71. The summed E-state index contributed by atoms with van der Waals surface area (Å²) in [4.78, 5) is 6.75. The molecule has 2 atom stereocenters. The van der Waals surface area contributed by atoms with Gasteiger partial charge in [0, 0.05) is 30.3 Å². The number of thiocarbonyl (C=S) groups is 1. The number of pyridine rings is 1. The van der Waals surface area contributed by atoms with Gasteiger partial charge < -0.3 is 14.8 Å². The molecule has 1 saturated heterocycles. The van der Waals surface area contributed by atoms with Crippen molar-refractivity contribution in [3.8, 4) is 5.69 Å². The number of hydrogen-bond acceptors (Lipinski definition) is 2. The second-order valence-corrected chi connectivity index (χ2v) is 7.52. The van der Waals surface area contributed by atoms with E-state index in [4.69, 9.17) is 23.8 Å². The molecule has 0 aliphatic carbocycles. The van der Waals surface area contributed by atoms with Gasteiger partial charge in [0.1, 0.15) is 5.82 Å². The summed E-state index contributed by atoms with van der Waals surface area (Å²) in [5.74, 6) is -0.429. The molecule has 1 aliphatic heterocycles. The van der Waals surface area contributed by atoms with Gasteiger partial charge in [0.25, 0.3) is 0 Å².